The van der Waals surface area contributed by atoms with Crippen molar-refractivity contribution in [2.24, 2.45) is 17.4 Å². The summed E-state index contributed by atoms with van der Waals surface area (Å²) in [5.41, 5.74) is 11.8. The molecule has 1 aromatic carbocycles. The van der Waals surface area contributed by atoms with E-state index in [9.17, 15) is 29.1 Å². The van der Waals surface area contributed by atoms with Crippen LogP contribution < -0.4 is 27.4 Å². The molecular formula is C24H37N5O7. The topological polar surface area (TPSA) is 214 Å². The van der Waals surface area contributed by atoms with Crippen LogP contribution >= 0.6 is 0 Å². The summed E-state index contributed by atoms with van der Waals surface area (Å²) in [7, 11) is 0. The van der Waals surface area contributed by atoms with Gasteiger partial charge in [0.25, 0.3) is 0 Å². The van der Waals surface area contributed by atoms with Crippen LogP contribution in [0.25, 0.3) is 0 Å². The number of carboxylic acids is 2. The van der Waals surface area contributed by atoms with Crippen molar-refractivity contribution >= 4 is 29.7 Å². The van der Waals surface area contributed by atoms with Gasteiger partial charge >= 0.3 is 11.9 Å². The summed E-state index contributed by atoms with van der Waals surface area (Å²) in [5.74, 6) is -5.07. The number of nitrogens with two attached hydrogens (primary N) is 2. The van der Waals surface area contributed by atoms with E-state index in [2.05, 4.69) is 16.0 Å². The highest BCUT2D eigenvalue weighted by Crippen LogP contribution is 2.09. The Hall–Kier alpha value is -3.51. The number of hydrogen-bond acceptors (Lipinski definition) is 7. The van der Waals surface area contributed by atoms with Gasteiger partial charge in [-0.25, -0.2) is 4.79 Å². The average molecular weight is 508 g/mol. The molecule has 0 aliphatic heterocycles. The van der Waals surface area contributed by atoms with Crippen LogP contribution in [0.5, 0.6) is 0 Å². The van der Waals surface area contributed by atoms with Crippen LogP contribution in [0.15, 0.2) is 30.3 Å². The maximum absolute atomic E-state index is 13.0. The lowest BCUT2D eigenvalue weighted by Gasteiger charge is -2.27. The molecule has 1 aromatic rings. The van der Waals surface area contributed by atoms with Crippen LogP contribution in [0.3, 0.4) is 0 Å². The molecular weight excluding hydrogens is 470 g/mol. The molecule has 0 spiro atoms. The van der Waals surface area contributed by atoms with Gasteiger partial charge in [-0.2, -0.15) is 0 Å². The lowest BCUT2D eigenvalue weighted by atomic mass is 10.00. The standard InChI is InChI=1S/C24H37N5O7/c1-14(2)20(23(34)28-18(24(35)36)12-15-8-4-3-5-9-15)29-22(33)17(10-6-7-11-25)27-21(32)16(26)13-19(30)31/h3-5,8-9,14,16-18,20H,6-7,10-13,25-26H2,1-2H3,(H,27,32)(H,28,34)(H,29,33)(H,30,31)(H,35,36). The minimum absolute atomic E-state index is 0.0555. The third kappa shape index (κ3) is 10.8. The third-order valence-corrected chi connectivity index (χ3v) is 5.46. The van der Waals surface area contributed by atoms with Crippen molar-refractivity contribution in [2.45, 2.75) is 70.1 Å². The molecule has 0 saturated carbocycles. The van der Waals surface area contributed by atoms with Gasteiger partial charge in [0.2, 0.25) is 17.7 Å². The molecule has 4 atom stereocenters. The van der Waals surface area contributed by atoms with Gasteiger partial charge in [0, 0.05) is 6.42 Å². The van der Waals surface area contributed by atoms with Crippen molar-refractivity contribution in [3.8, 4) is 0 Å². The first kappa shape index (κ1) is 30.5. The highest BCUT2D eigenvalue weighted by molar-refractivity contribution is 5.94. The smallest absolute Gasteiger partial charge is 0.326 e. The van der Waals surface area contributed by atoms with Crippen LogP contribution in [0.4, 0.5) is 0 Å². The second kappa shape index (κ2) is 15.5. The first-order valence-electron chi connectivity index (χ1n) is 11.8. The summed E-state index contributed by atoms with van der Waals surface area (Å²) in [5, 5.41) is 26.0. The van der Waals surface area contributed by atoms with Crippen molar-refractivity contribution in [2.75, 3.05) is 6.54 Å². The summed E-state index contributed by atoms with van der Waals surface area (Å²) in [6, 6.07) is 4.05. The molecule has 0 saturated heterocycles. The molecule has 0 bridgehead atoms. The predicted octanol–water partition coefficient (Wildman–Crippen LogP) is -0.645. The molecule has 4 unspecified atom stereocenters. The molecule has 0 aromatic heterocycles. The number of hydrogen-bond donors (Lipinski definition) is 7. The van der Waals surface area contributed by atoms with Gasteiger partial charge in [-0.3, -0.25) is 19.2 Å². The van der Waals surface area contributed by atoms with Gasteiger partial charge in [0.1, 0.15) is 18.1 Å². The number of benzene rings is 1. The second-order valence-electron chi connectivity index (χ2n) is 8.87. The maximum atomic E-state index is 13.0. The normalized spacial score (nSPS) is 14.2. The SMILES string of the molecule is CC(C)C(NC(=O)C(CCCCN)NC(=O)C(N)CC(=O)O)C(=O)NC(Cc1ccccc1)C(=O)O. The number of carboxylic acid groups (broad SMARTS) is 2. The average Bonchev–Trinajstić information content (AvgIpc) is 2.81. The minimum Gasteiger partial charge on any atom is -0.481 e. The van der Waals surface area contributed by atoms with E-state index < -0.39 is 66.2 Å². The predicted molar refractivity (Wildman–Crippen MR) is 132 cm³/mol. The van der Waals surface area contributed by atoms with Crippen LogP contribution in [0.2, 0.25) is 0 Å². The number of carbonyl (C=O) groups excluding carboxylic acids is 3. The number of nitrogens with one attached hydrogen (secondary N) is 3. The Bertz CT molecular complexity index is 894. The fourth-order valence-electron chi connectivity index (χ4n) is 3.42. The van der Waals surface area contributed by atoms with Crippen LogP contribution in [0, 0.1) is 5.92 Å². The van der Waals surface area contributed by atoms with Gasteiger partial charge in [-0.1, -0.05) is 44.2 Å². The van der Waals surface area contributed by atoms with E-state index in [0.29, 0.717) is 19.4 Å². The fraction of sp³-hybridized carbons (Fsp3) is 0.542. The zero-order valence-electron chi connectivity index (χ0n) is 20.6. The Morgan fingerprint density at radius 3 is 2.00 bits per heavy atom. The third-order valence-electron chi connectivity index (χ3n) is 5.46. The van der Waals surface area contributed by atoms with Crippen LogP contribution in [-0.4, -0.2) is 70.6 Å². The van der Waals surface area contributed by atoms with Crippen molar-refractivity contribution in [3.05, 3.63) is 35.9 Å². The summed E-state index contributed by atoms with van der Waals surface area (Å²) < 4.78 is 0. The summed E-state index contributed by atoms with van der Waals surface area (Å²) in [4.78, 5) is 61.0. The largest absolute Gasteiger partial charge is 0.481 e. The number of rotatable bonds is 16. The highest BCUT2D eigenvalue weighted by atomic mass is 16.4. The van der Waals surface area contributed by atoms with E-state index in [4.69, 9.17) is 16.6 Å². The molecule has 12 nitrogen and oxygen atoms in total. The van der Waals surface area contributed by atoms with E-state index in [-0.39, 0.29) is 12.8 Å². The van der Waals surface area contributed by atoms with Crippen molar-refractivity contribution < 1.29 is 34.2 Å². The monoisotopic (exact) mass is 507 g/mol. The van der Waals surface area contributed by atoms with Crippen molar-refractivity contribution in [3.63, 3.8) is 0 Å². The molecule has 1 rings (SSSR count). The van der Waals surface area contributed by atoms with Gasteiger partial charge in [0.15, 0.2) is 0 Å². The Kier molecular flexibility index (Phi) is 13.1. The van der Waals surface area contributed by atoms with Gasteiger partial charge in [-0.15, -0.1) is 0 Å². The molecule has 0 fully saturated rings. The second-order valence-corrected chi connectivity index (χ2v) is 8.87. The Morgan fingerprint density at radius 1 is 0.861 bits per heavy atom. The number of unbranched alkanes of at least 4 members (excludes halogenated alkanes) is 1. The molecule has 0 aliphatic rings. The molecule has 36 heavy (non-hydrogen) atoms. The Balaban J connectivity index is 2.95. The fourth-order valence-corrected chi connectivity index (χ4v) is 3.42. The van der Waals surface area contributed by atoms with Gasteiger partial charge < -0.3 is 37.6 Å². The van der Waals surface area contributed by atoms with Crippen molar-refractivity contribution in [1.29, 1.82) is 0 Å². The van der Waals surface area contributed by atoms with E-state index >= 15 is 0 Å². The van der Waals surface area contributed by atoms with E-state index in [1.165, 1.54) is 0 Å². The van der Waals surface area contributed by atoms with E-state index in [1.54, 1.807) is 44.2 Å². The Morgan fingerprint density at radius 2 is 1.47 bits per heavy atom. The summed E-state index contributed by atoms with van der Waals surface area (Å²) >= 11 is 0. The molecule has 200 valence electrons. The molecule has 0 heterocycles. The number of aliphatic carboxylic acids is 2. The summed E-state index contributed by atoms with van der Waals surface area (Å²) in [6.45, 7) is 3.74. The summed E-state index contributed by atoms with van der Waals surface area (Å²) in [6.07, 6.45) is 0.694. The molecule has 0 aliphatic carbocycles. The van der Waals surface area contributed by atoms with Gasteiger partial charge in [-0.05, 0) is 37.3 Å². The van der Waals surface area contributed by atoms with Gasteiger partial charge in [0.05, 0.1) is 12.5 Å². The zero-order chi connectivity index (χ0) is 27.3. The minimum atomic E-state index is -1.36. The Labute approximate surface area is 210 Å². The lowest BCUT2D eigenvalue weighted by Crippen LogP contribution is -2.58. The first-order valence-corrected chi connectivity index (χ1v) is 11.8. The highest BCUT2D eigenvalue weighted by Gasteiger charge is 2.32. The maximum Gasteiger partial charge on any atom is 0.326 e. The van der Waals surface area contributed by atoms with Crippen LogP contribution in [0.1, 0.15) is 45.1 Å². The number of carbonyl (C=O) groups is 5. The van der Waals surface area contributed by atoms with E-state index in [0.717, 1.165) is 5.56 Å². The van der Waals surface area contributed by atoms with E-state index in [1.807, 2.05) is 0 Å². The molecule has 0 radical (unpaired) electrons. The first-order chi connectivity index (χ1) is 17.0. The lowest BCUT2D eigenvalue weighted by molar-refractivity contribution is -0.142. The van der Waals surface area contributed by atoms with Crippen LogP contribution in [-0.2, 0) is 30.4 Å². The molecule has 12 heteroatoms. The number of amides is 3. The quantitative estimate of drug-likeness (QED) is 0.141. The van der Waals surface area contributed by atoms with Crippen molar-refractivity contribution in [1.82, 2.24) is 16.0 Å². The zero-order valence-corrected chi connectivity index (χ0v) is 20.6. The molecule has 9 N–H and O–H groups in total. The molecule has 3 amide bonds.